The van der Waals surface area contributed by atoms with E-state index in [0.717, 1.165) is 16.0 Å². The van der Waals surface area contributed by atoms with Crippen LogP contribution in [0.5, 0.6) is 0 Å². The van der Waals surface area contributed by atoms with Crippen LogP contribution in [0.15, 0.2) is 16.2 Å². The van der Waals surface area contributed by atoms with Crippen LogP contribution in [0.4, 0.5) is 0 Å². The maximum absolute atomic E-state index is 12.3. The van der Waals surface area contributed by atoms with Crippen LogP contribution >= 0.6 is 22.7 Å². The molecule has 0 aliphatic rings. The minimum Gasteiger partial charge on any atom is -0.450 e. The molecule has 1 unspecified atom stereocenters. The van der Waals surface area contributed by atoms with Gasteiger partial charge in [-0.05, 0) is 50.3 Å². The minimum atomic E-state index is -0.621. The summed E-state index contributed by atoms with van der Waals surface area (Å²) < 4.78 is 5.45. The van der Waals surface area contributed by atoms with Gasteiger partial charge >= 0.3 is 5.97 Å². The van der Waals surface area contributed by atoms with Crippen LogP contribution in [0.2, 0.25) is 0 Å². The largest absolute Gasteiger partial charge is 0.450 e. The first kappa shape index (κ1) is 15.9. The molecule has 0 radical (unpaired) electrons. The van der Waals surface area contributed by atoms with Crippen LogP contribution in [0.25, 0.3) is 10.2 Å². The number of nitrogens with one attached hydrogen (secondary N) is 1. The van der Waals surface area contributed by atoms with E-state index >= 15 is 0 Å². The number of ether oxygens (including phenoxy) is 1. The van der Waals surface area contributed by atoms with Gasteiger partial charge in [0, 0.05) is 4.88 Å². The fraction of sp³-hybridized carbons (Fsp3) is 0.312. The fourth-order valence-electron chi connectivity index (χ4n) is 2.32. The van der Waals surface area contributed by atoms with Gasteiger partial charge in [0.2, 0.25) is 0 Å². The van der Waals surface area contributed by atoms with E-state index in [0.29, 0.717) is 20.9 Å². The Bertz CT molecular complexity index is 952. The Balaban J connectivity index is 1.92. The molecular formula is C16H16N2O3S2. The molecule has 23 heavy (non-hydrogen) atoms. The molecular weight excluding hydrogens is 332 g/mol. The number of carbonyl (C=O) groups excluding carboxylic acids is 1. The number of aryl methyl sites for hydroxylation is 3. The number of carbonyl (C=O) groups is 1. The highest BCUT2D eigenvalue weighted by Crippen LogP contribution is 2.27. The third-order valence-electron chi connectivity index (χ3n) is 3.77. The lowest BCUT2D eigenvalue weighted by molar-refractivity contribution is 0.0325. The number of aromatic nitrogens is 2. The number of H-pyrrole nitrogens is 1. The molecule has 1 atom stereocenters. The van der Waals surface area contributed by atoms with Crippen LogP contribution in [0.3, 0.4) is 0 Å². The summed E-state index contributed by atoms with van der Waals surface area (Å²) in [7, 11) is 0. The number of aromatic amines is 1. The molecule has 120 valence electrons. The second-order valence-electron chi connectivity index (χ2n) is 5.39. The van der Waals surface area contributed by atoms with E-state index in [1.807, 2.05) is 32.2 Å². The van der Waals surface area contributed by atoms with Crippen LogP contribution < -0.4 is 5.56 Å². The zero-order valence-electron chi connectivity index (χ0n) is 13.2. The first-order valence-corrected chi connectivity index (χ1v) is 8.83. The summed E-state index contributed by atoms with van der Waals surface area (Å²) >= 11 is 2.82. The predicted octanol–water partition coefficient (Wildman–Crippen LogP) is 3.89. The number of thiophene rings is 2. The van der Waals surface area contributed by atoms with Gasteiger partial charge in [0.25, 0.3) is 5.56 Å². The zero-order valence-corrected chi connectivity index (χ0v) is 14.9. The standard InChI is InChI=1S/C16H16N2O3S2/c1-7-5-6-22-12(7)16(20)21-9(3)13-17-14(19)11-8(2)10(4)23-15(11)18-13/h5-6,9H,1-4H3,(H,17,18,19). The molecule has 3 rings (SSSR count). The van der Waals surface area contributed by atoms with Crippen LogP contribution in [-0.4, -0.2) is 15.9 Å². The van der Waals surface area contributed by atoms with Gasteiger partial charge in [0.15, 0.2) is 11.9 Å². The number of nitrogens with zero attached hydrogens (tertiary/aromatic N) is 1. The van der Waals surface area contributed by atoms with Crippen molar-refractivity contribution in [2.45, 2.75) is 33.8 Å². The lowest BCUT2D eigenvalue weighted by Crippen LogP contribution is -2.17. The molecule has 3 aromatic rings. The Kier molecular flexibility index (Phi) is 4.08. The number of hydrogen-bond acceptors (Lipinski definition) is 6. The average molecular weight is 348 g/mol. The lowest BCUT2D eigenvalue weighted by atomic mass is 10.2. The quantitative estimate of drug-likeness (QED) is 0.729. The van der Waals surface area contributed by atoms with Gasteiger partial charge in [-0.25, -0.2) is 9.78 Å². The summed E-state index contributed by atoms with van der Waals surface area (Å²) in [6.45, 7) is 7.44. The zero-order chi connectivity index (χ0) is 16.7. The van der Waals surface area contributed by atoms with Crippen molar-refractivity contribution >= 4 is 38.9 Å². The van der Waals surface area contributed by atoms with Crippen molar-refractivity contribution in [2.75, 3.05) is 0 Å². The molecule has 1 N–H and O–H groups in total. The van der Waals surface area contributed by atoms with Crippen LogP contribution in [0.1, 0.15) is 44.5 Å². The Morgan fingerprint density at radius 3 is 2.74 bits per heavy atom. The summed E-state index contributed by atoms with van der Waals surface area (Å²) in [6, 6.07) is 1.87. The molecule has 5 nitrogen and oxygen atoms in total. The third-order valence-corrected chi connectivity index (χ3v) is 5.87. The van der Waals surface area contributed by atoms with E-state index in [-0.39, 0.29) is 5.56 Å². The predicted molar refractivity (Wildman–Crippen MR) is 92.6 cm³/mol. The van der Waals surface area contributed by atoms with E-state index in [1.165, 1.54) is 22.7 Å². The molecule has 0 bridgehead atoms. The molecule has 0 saturated heterocycles. The van der Waals surface area contributed by atoms with Crippen molar-refractivity contribution in [3.8, 4) is 0 Å². The SMILES string of the molecule is Cc1ccsc1C(=O)OC(C)c1nc2sc(C)c(C)c2c(=O)[nH]1. The lowest BCUT2D eigenvalue weighted by Gasteiger charge is -2.12. The van der Waals surface area contributed by atoms with Crippen molar-refractivity contribution in [1.29, 1.82) is 0 Å². The van der Waals surface area contributed by atoms with Gasteiger partial charge in [-0.1, -0.05) is 0 Å². The fourth-order valence-corrected chi connectivity index (χ4v) is 4.16. The number of hydrogen-bond donors (Lipinski definition) is 1. The molecule has 0 aromatic carbocycles. The van der Waals surface area contributed by atoms with E-state index in [9.17, 15) is 9.59 Å². The normalized spacial score (nSPS) is 12.5. The van der Waals surface area contributed by atoms with Gasteiger partial charge in [-0.2, -0.15) is 0 Å². The first-order valence-electron chi connectivity index (χ1n) is 7.13. The summed E-state index contributed by atoms with van der Waals surface area (Å²) in [6.07, 6.45) is -0.621. The maximum atomic E-state index is 12.3. The Hall–Kier alpha value is -1.99. The molecule has 7 heteroatoms. The Morgan fingerprint density at radius 1 is 1.35 bits per heavy atom. The highest BCUT2D eigenvalue weighted by Gasteiger charge is 2.20. The molecule has 0 aliphatic carbocycles. The van der Waals surface area contributed by atoms with Crippen molar-refractivity contribution in [3.63, 3.8) is 0 Å². The van der Waals surface area contributed by atoms with Crippen LogP contribution in [-0.2, 0) is 4.74 Å². The van der Waals surface area contributed by atoms with Crippen molar-refractivity contribution in [2.24, 2.45) is 0 Å². The molecule has 0 aliphatic heterocycles. The van der Waals surface area contributed by atoms with Crippen molar-refractivity contribution in [1.82, 2.24) is 9.97 Å². The monoisotopic (exact) mass is 348 g/mol. The first-order chi connectivity index (χ1) is 10.9. The van der Waals surface area contributed by atoms with E-state index in [1.54, 1.807) is 6.92 Å². The van der Waals surface area contributed by atoms with Crippen LogP contribution in [0, 0.1) is 20.8 Å². The summed E-state index contributed by atoms with van der Waals surface area (Å²) in [5, 5.41) is 2.46. The van der Waals surface area contributed by atoms with Gasteiger partial charge in [-0.3, -0.25) is 4.79 Å². The molecule has 3 aromatic heterocycles. The Labute approximate surface area is 141 Å². The van der Waals surface area contributed by atoms with Crippen molar-refractivity contribution < 1.29 is 9.53 Å². The van der Waals surface area contributed by atoms with E-state index in [2.05, 4.69) is 9.97 Å². The topological polar surface area (TPSA) is 72.0 Å². The highest BCUT2D eigenvalue weighted by atomic mass is 32.1. The molecule has 3 heterocycles. The van der Waals surface area contributed by atoms with Gasteiger partial charge in [0.05, 0.1) is 5.39 Å². The van der Waals surface area contributed by atoms with E-state index in [4.69, 9.17) is 4.74 Å². The number of fused-ring (bicyclic) bond motifs is 1. The second kappa shape index (κ2) is 5.90. The van der Waals surface area contributed by atoms with Gasteiger partial charge in [-0.15, -0.1) is 22.7 Å². The second-order valence-corrected chi connectivity index (χ2v) is 7.51. The third kappa shape index (κ3) is 2.82. The molecule has 0 spiro atoms. The Morgan fingerprint density at radius 2 is 2.09 bits per heavy atom. The average Bonchev–Trinajstić information content (AvgIpc) is 3.03. The minimum absolute atomic E-state index is 0.193. The molecule has 0 saturated carbocycles. The van der Waals surface area contributed by atoms with Crippen molar-refractivity contribution in [3.05, 3.63) is 48.5 Å². The number of rotatable bonds is 3. The summed E-state index contributed by atoms with van der Waals surface area (Å²) in [5.74, 6) is -0.0300. The van der Waals surface area contributed by atoms with E-state index < -0.39 is 12.1 Å². The van der Waals surface area contributed by atoms with Gasteiger partial charge < -0.3 is 9.72 Å². The smallest absolute Gasteiger partial charge is 0.349 e. The maximum Gasteiger partial charge on any atom is 0.349 e. The number of esters is 1. The summed E-state index contributed by atoms with van der Waals surface area (Å²) in [4.78, 5) is 34.0. The van der Waals surface area contributed by atoms with Gasteiger partial charge in [0.1, 0.15) is 9.71 Å². The molecule has 0 fully saturated rings. The summed E-state index contributed by atoms with van der Waals surface area (Å²) in [5.41, 5.74) is 1.64. The highest BCUT2D eigenvalue weighted by molar-refractivity contribution is 7.18. The molecule has 0 amide bonds.